The van der Waals surface area contributed by atoms with E-state index >= 15 is 0 Å². The molecule has 110 valence electrons. The van der Waals surface area contributed by atoms with Crippen molar-refractivity contribution in [3.05, 3.63) is 36.2 Å². The van der Waals surface area contributed by atoms with Crippen molar-refractivity contribution in [2.45, 2.75) is 12.6 Å². The summed E-state index contributed by atoms with van der Waals surface area (Å²) >= 11 is 0. The average molecular weight is 287 g/mol. The van der Waals surface area contributed by atoms with Crippen LogP contribution in [0.4, 0.5) is 0 Å². The topological polar surface area (TPSA) is 91.9 Å². The number of nitrogens with zero attached hydrogens (tertiary/aromatic N) is 2. The molecule has 0 aliphatic carbocycles. The molecule has 3 rings (SSSR count). The van der Waals surface area contributed by atoms with Crippen molar-refractivity contribution in [2.75, 3.05) is 19.7 Å². The van der Waals surface area contributed by atoms with Gasteiger partial charge in [-0.25, -0.2) is 4.98 Å². The molecule has 1 aromatic heterocycles. The summed E-state index contributed by atoms with van der Waals surface area (Å²) in [5.41, 5.74) is 0.936. The molecule has 1 aromatic carbocycles. The zero-order chi connectivity index (χ0) is 14.5. The van der Waals surface area contributed by atoms with E-state index in [4.69, 9.17) is 4.74 Å². The lowest BCUT2D eigenvalue weighted by Gasteiger charge is -2.22. The van der Waals surface area contributed by atoms with Crippen LogP contribution >= 0.6 is 0 Å². The minimum atomic E-state index is -0.435. The third kappa shape index (κ3) is 3.45. The van der Waals surface area contributed by atoms with Gasteiger partial charge in [0, 0.05) is 18.7 Å². The second-order valence-electron chi connectivity index (χ2n) is 4.75. The Kier molecular flexibility index (Phi) is 4.23. The number of benzene rings is 1. The lowest BCUT2D eigenvalue weighted by atomic mass is 10.2. The molecule has 0 radical (unpaired) electrons. The highest BCUT2D eigenvalue weighted by Crippen LogP contribution is 2.13. The summed E-state index contributed by atoms with van der Waals surface area (Å²) < 4.78 is 5.38. The van der Waals surface area contributed by atoms with Gasteiger partial charge in [-0.3, -0.25) is 9.89 Å². The lowest BCUT2D eigenvalue weighted by Crippen LogP contribution is -2.47. The van der Waals surface area contributed by atoms with Crippen molar-refractivity contribution >= 4 is 5.91 Å². The number of hydrogen-bond donors (Lipinski definition) is 3. The monoisotopic (exact) mass is 287 g/mol. The van der Waals surface area contributed by atoms with Crippen molar-refractivity contribution in [1.29, 1.82) is 0 Å². The SMILES string of the molecule is O=C(NCc1nc(-c2ccccc2)n[nH]1)[C@H]1CNCCO1. The van der Waals surface area contributed by atoms with Crippen molar-refractivity contribution in [1.82, 2.24) is 25.8 Å². The van der Waals surface area contributed by atoms with Gasteiger partial charge < -0.3 is 15.4 Å². The molecule has 3 N–H and O–H groups in total. The molecule has 1 aliphatic rings. The van der Waals surface area contributed by atoms with Gasteiger partial charge >= 0.3 is 0 Å². The number of morpholine rings is 1. The molecule has 0 bridgehead atoms. The third-order valence-electron chi connectivity index (χ3n) is 3.21. The summed E-state index contributed by atoms with van der Waals surface area (Å²) in [5, 5.41) is 12.9. The number of amides is 1. The van der Waals surface area contributed by atoms with Gasteiger partial charge in [-0.15, -0.1) is 0 Å². The third-order valence-corrected chi connectivity index (χ3v) is 3.21. The van der Waals surface area contributed by atoms with Gasteiger partial charge in [0.1, 0.15) is 11.9 Å². The van der Waals surface area contributed by atoms with E-state index < -0.39 is 6.10 Å². The second kappa shape index (κ2) is 6.47. The number of aromatic nitrogens is 3. The first-order chi connectivity index (χ1) is 10.3. The van der Waals surface area contributed by atoms with Crippen LogP contribution in [0.3, 0.4) is 0 Å². The van der Waals surface area contributed by atoms with E-state index in [0.717, 1.165) is 12.1 Å². The summed E-state index contributed by atoms with van der Waals surface area (Å²) in [4.78, 5) is 16.3. The molecule has 0 unspecified atom stereocenters. The van der Waals surface area contributed by atoms with Gasteiger partial charge in [-0.1, -0.05) is 30.3 Å². The highest BCUT2D eigenvalue weighted by molar-refractivity contribution is 5.81. The first kappa shape index (κ1) is 13.7. The van der Waals surface area contributed by atoms with Crippen LogP contribution in [0.1, 0.15) is 5.82 Å². The Morgan fingerprint density at radius 3 is 3.00 bits per heavy atom. The Balaban J connectivity index is 1.56. The highest BCUT2D eigenvalue weighted by Gasteiger charge is 2.21. The average Bonchev–Trinajstić information content (AvgIpc) is 3.03. The summed E-state index contributed by atoms with van der Waals surface area (Å²) in [6, 6.07) is 9.68. The number of ether oxygens (including phenoxy) is 1. The number of nitrogens with one attached hydrogen (secondary N) is 3. The lowest BCUT2D eigenvalue weighted by molar-refractivity contribution is -0.134. The number of rotatable bonds is 4. The van der Waals surface area contributed by atoms with E-state index in [9.17, 15) is 4.79 Å². The molecule has 7 heteroatoms. The van der Waals surface area contributed by atoms with Crippen LogP contribution in [0.15, 0.2) is 30.3 Å². The maximum atomic E-state index is 11.9. The summed E-state index contributed by atoms with van der Waals surface area (Å²) in [7, 11) is 0. The van der Waals surface area contributed by atoms with Gasteiger partial charge in [-0.2, -0.15) is 5.10 Å². The maximum Gasteiger partial charge on any atom is 0.250 e. The maximum absolute atomic E-state index is 11.9. The first-order valence-electron chi connectivity index (χ1n) is 6.89. The van der Waals surface area contributed by atoms with Crippen LogP contribution in [0.5, 0.6) is 0 Å². The Bertz CT molecular complexity index is 592. The van der Waals surface area contributed by atoms with E-state index in [1.807, 2.05) is 30.3 Å². The number of H-pyrrole nitrogens is 1. The van der Waals surface area contributed by atoms with E-state index in [-0.39, 0.29) is 5.91 Å². The molecule has 0 spiro atoms. The fraction of sp³-hybridized carbons (Fsp3) is 0.357. The first-order valence-corrected chi connectivity index (χ1v) is 6.89. The van der Waals surface area contributed by atoms with Gasteiger partial charge in [0.2, 0.25) is 0 Å². The molecule has 21 heavy (non-hydrogen) atoms. The zero-order valence-electron chi connectivity index (χ0n) is 11.5. The molecule has 2 heterocycles. The van der Waals surface area contributed by atoms with Crippen molar-refractivity contribution in [3.8, 4) is 11.4 Å². The Labute approximate surface area is 122 Å². The number of carbonyl (C=O) groups excluding carboxylic acids is 1. The van der Waals surface area contributed by atoms with Crippen LogP contribution in [0, 0.1) is 0 Å². The van der Waals surface area contributed by atoms with Gasteiger partial charge in [0.05, 0.1) is 13.2 Å². The minimum absolute atomic E-state index is 0.139. The zero-order valence-corrected chi connectivity index (χ0v) is 11.5. The molecule has 1 amide bonds. The molecule has 1 saturated heterocycles. The van der Waals surface area contributed by atoms with Gasteiger partial charge in [0.25, 0.3) is 5.91 Å². The molecular weight excluding hydrogens is 270 g/mol. The molecule has 1 fully saturated rings. The Morgan fingerprint density at radius 1 is 1.38 bits per heavy atom. The standard InChI is InChI=1S/C14H17N5O2/c20-14(11-8-15-6-7-21-11)16-9-12-17-13(19-18-12)10-4-2-1-3-5-10/h1-5,11,15H,6-9H2,(H,16,20)(H,17,18,19)/t11-/m1/s1. The molecule has 1 aliphatic heterocycles. The fourth-order valence-corrected chi connectivity index (χ4v) is 2.11. The van der Waals surface area contributed by atoms with Crippen LogP contribution in [-0.2, 0) is 16.1 Å². The summed E-state index contributed by atoms with van der Waals surface area (Å²) in [5.74, 6) is 1.10. The Morgan fingerprint density at radius 2 is 2.24 bits per heavy atom. The van der Waals surface area contributed by atoms with Gasteiger partial charge in [0.15, 0.2) is 5.82 Å². The number of carbonyl (C=O) groups is 1. The molecule has 7 nitrogen and oxygen atoms in total. The van der Waals surface area contributed by atoms with Crippen molar-refractivity contribution in [2.24, 2.45) is 0 Å². The van der Waals surface area contributed by atoms with E-state index in [1.165, 1.54) is 0 Å². The van der Waals surface area contributed by atoms with Gasteiger partial charge in [-0.05, 0) is 0 Å². The van der Waals surface area contributed by atoms with Crippen molar-refractivity contribution in [3.63, 3.8) is 0 Å². The predicted molar refractivity (Wildman–Crippen MR) is 76.3 cm³/mol. The molecule has 1 atom stereocenters. The molecular formula is C14H17N5O2. The normalized spacial score (nSPS) is 18.4. The fourth-order valence-electron chi connectivity index (χ4n) is 2.11. The van der Waals surface area contributed by atoms with Crippen molar-refractivity contribution < 1.29 is 9.53 Å². The largest absolute Gasteiger partial charge is 0.366 e. The minimum Gasteiger partial charge on any atom is -0.366 e. The van der Waals surface area contributed by atoms with Crippen LogP contribution < -0.4 is 10.6 Å². The van der Waals surface area contributed by atoms with Crippen LogP contribution in [-0.4, -0.2) is 46.9 Å². The summed E-state index contributed by atoms with van der Waals surface area (Å²) in [6.45, 7) is 2.18. The van der Waals surface area contributed by atoms with E-state index in [0.29, 0.717) is 31.3 Å². The number of aromatic amines is 1. The number of hydrogen-bond acceptors (Lipinski definition) is 5. The van der Waals surface area contributed by atoms with E-state index in [2.05, 4.69) is 25.8 Å². The van der Waals surface area contributed by atoms with Crippen LogP contribution in [0.2, 0.25) is 0 Å². The van der Waals surface area contributed by atoms with E-state index in [1.54, 1.807) is 0 Å². The second-order valence-corrected chi connectivity index (χ2v) is 4.75. The predicted octanol–water partition coefficient (Wildman–Crippen LogP) is 0.0763. The highest BCUT2D eigenvalue weighted by atomic mass is 16.5. The quantitative estimate of drug-likeness (QED) is 0.740. The van der Waals surface area contributed by atoms with Crippen LogP contribution in [0.25, 0.3) is 11.4 Å². The molecule has 2 aromatic rings. The summed E-state index contributed by atoms with van der Waals surface area (Å²) in [6.07, 6.45) is -0.435. The molecule has 0 saturated carbocycles. The Hall–Kier alpha value is -2.25. The smallest absolute Gasteiger partial charge is 0.250 e.